The second-order valence-corrected chi connectivity index (χ2v) is 6.41. The molecule has 0 bridgehead atoms. The van der Waals surface area contributed by atoms with Gasteiger partial charge in [-0.2, -0.15) is 0 Å². The maximum absolute atomic E-state index is 11.4. The fraction of sp³-hybridized carbons (Fsp3) is 0.857. The monoisotopic (exact) mass is 190 g/mol. The van der Waals surface area contributed by atoms with Gasteiger partial charge in [0.2, 0.25) is 0 Å². The molecule has 1 heterocycles. The quantitative estimate of drug-likeness (QED) is 0.455. The van der Waals surface area contributed by atoms with Gasteiger partial charge in [0.05, 0.1) is 16.3 Å². The van der Waals surface area contributed by atoms with Crippen LogP contribution in [0.25, 0.3) is 0 Å². The van der Waals surface area contributed by atoms with Gasteiger partial charge in [0.25, 0.3) is 0 Å². The largest absolute Gasteiger partial charge is 0.387 e. The zero-order chi connectivity index (χ0) is 9.57. The summed E-state index contributed by atoms with van der Waals surface area (Å²) in [4.78, 5) is 0. The van der Waals surface area contributed by atoms with Crippen LogP contribution in [-0.2, 0) is 9.84 Å². The van der Waals surface area contributed by atoms with Crippen LogP contribution in [0.15, 0.2) is 0 Å². The van der Waals surface area contributed by atoms with Crippen molar-refractivity contribution >= 4 is 15.7 Å². The van der Waals surface area contributed by atoms with Crippen molar-refractivity contribution in [3.63, 3.8) is 0 Å². The van der Waals surface area contributed by atoms with E-state index in [1.807, 2.05) is 0 Å². The minimum atomic E-state index is -3.04. The second-order valence-electron chi connectivity index (χ2n) is 3.72. The highest BCUT2D eigenvalue weighted by molar-refractivity contribution is 7.93. The average molecular weight is 190 g/mol. The van der Waals surface area contributed by atoms with E-state index in [1.54, 1.807) is 13.8 Å². The molecular weight excluding hydrogens is 176 g/mol. The van der Waals surface area contributed by atoms with Gasteiger partial charge in [-0.1, -0.05) is 0 Å². The summed E-state index contributed by atoms with van der Waals surface area (Å²) in [7, 11) is -3.04. The number of nitrogens with one attached hydrogen (secondary N) is 1. The summed E-state index contributed by atoms with van der Waals surface area (Å²) in [5.41, 5.74) is 5.31. The summed E-state index contributed by atoms with van der Waals surface area (Å²) in [5, 5.41) is 7.24. The van der Waals surface area contributed by atoms with Crippen molar-refractivity contribution in [1.82, 2.24) is 0 Å². The van der Waals surface area contributed by atoms with E-state index in [-0.39, 0.29) is 17.5 Å². The van der Waals surface area contributed by atoms with Crippen LogP contribution in [0.5, 0.6) is 0 Å². The fourth-order valence-corrected chi connectivity index (χ4v) is 3.38. The molecule has 1 aliphatic heterocycles. The van der Waals surface area contributed by atoms with Crippen LogP contribution in [0.3, 0.4) is 0 Å². The van der Waals surface area contributed by atoms with Gasteiger partial charge in [0.15, 0.2) is 9.84 Å². The number of amidine groups is 1. The molecule has 1 aliphatic rings. The van der Waals surface area contributed by atoms with E-state index >= 15 is 0 Å². The predicted molar refractivity (Wildman–Crippen MR) is 47.9 cm³/mol. The Balaban J connectivity index is 3.10. The molecule has 0 amide bonds. The Kier molecular flexibility index (Phi) is 1.94. The van der Waals surface area contributed by atoms with Crippen LogP contribution >= 0.6 is 0 Å². The van der Waals surface area contributed by atoms with Crippen LogP contribution in [0.4, 0.5) is 0 Å². The minimum absolute atomic E-state index is 0.0129. The van der Waals surface area contributed by atoms with Crippen LogP contribution in [0.1, 0.15) is 20.3 Å². The van der Waals surface area contributed by atoms with Crippen molar-refractivity contribution in [3.05, 3.63) is 0 Å². The van der Waals surface area contributed by atoms with Gasteiger partial charge >= 0.3 is 0 Å². The lowest BCUT2D eigenvalue weighted by Crippen LogP contribution is -2.40. The van der Waals surface area contributed by atoms with E-state index in [1.165, 1.54) is 0 Å². The molecule has 1 fully saturated rings. The lowest BCUT2D eigenvalue weighted by molar-refractivity contribution is 0.512. The molecule has 0 aromatic carbocycles. The Morgan fingerprint density at radius 1 is 1.58 bits per heavy atom. The SMILES string of the molecule is CC1(C)C(C(=N)N)CCS1(=O)=O. The molecule has 0 radical (unpaired) electrons. The molecule has 0 spiro atoms. The van der Waals surface area contributed by atoms with Crippen LogP contribution in [0.2, 0.25) is 0 Å². The van der Waals surface area contributed by atoms with E-state index in [0.29, 0.717) is 6.42 Å². The highest BCUT2D eigenvalue weighted by Crippen LogP contribution is 2.36. The van der Waals surface area contributed by atoms with Crippen molar-refractivity contribution in [2.24, 2.45) is 11.7 Å². The third-order valence-electron chi connectivity index (χ3n) is 2.69. The van der Waals surface area contributed by atoms with E-state index in [9.17, 15) is 8.42 Å². The number of rotatable bonds is 1. The van der Waals surface area contributed by atoms with Crippen molar-refractivity contribution < 1.29 is 8.42 Å². The Hall–Kier alpha value is -0.580. The van der Waals surface area contributed by atoms with Gasteiger partial charge in [-0.15, -0.1) is 0 Å². The molecule has 5 heteroatoms. The van der Waals surface area contributed by atoms with Crippen molar-refractivity contribution in [1.29, 1.82) is 5.41 Å². The van der Waals surface area contributed by atoms with Crippen molar-refractivity contribution in [2.45, 2.75) is 25.0 Å². The van der Waals surface area contributed by atoms with Gasteiger partial charge in [-0.25, -0.2) is 8.42 Å². The van der Waals surface area contributed by atoms with Crippen LogP contribution in [0, 0.1) is 11.3 Å². The van der Waals surface area contributed by atoms with Gasteiger partial charge in [0, 0.05) is 5.92 Å². The zero-order valence-electron chi connectivity index (χ0n) is 7.29. The molecule has 1 rings (SSSR count). The topological polar surface area (TPSA) is 84.0 Å². The van der Waals surface area contributed by atoms with E-state index in [4.69, 9.17) is 11.1 Å². The Morgan fingerprint density at radius 2 is 2.08 bits per heavy atom. The molecule has 1 unspecified atom stereocenters. The zero-order valence-corrected chi connectivity index (χ0v) is 8.11. The molecule has 0 aliphatic carbocycles. The van der Waals surface area contributed by atoms with E-state index in [2.05, 4.69) is 0 Å². The first kappa shape index (κ1) is 9.51. The normalized spacial score (nSPS) is 31.7. The lowest BCUT2D eigenvalue weighted by atomic mass is 9.92. The molecular formula is C7H14N2O2S. The summed E-state index contributed by atoms with van der Waals surface area (Å²) < 4.78 is 22.0. The van der Waals surface area contributed by atoms with Gasteiger partial charge in [0.1, 0.15) is 0 Å². The molecule has 1 atom stereocenters. The summed E-state index contributed by atoms with van der Waals surface area (Å²) in [6.45, 7) is 3.28. The molecule has 0 aromatic rings. The van der Waals surface area contributed by atoms with Crippen LogP contribution < -0.4 is 5.73 Å². The standard InChI is InChI=1S/C7H14N2O2S/c1-7(2)5(6(8)9)3-4-12(7,10)11/h5H,3-4H2,1-2H3,(H3,8,9). The van der Waals surface area contributed by atoms with Crippen molar-refractivity contribution in [2.75, 3.05) is 5.75 Å². The second kappa shape index (κ2) is 2.45. The Bertz CT molecular complexity index is 305. The highest BCUT2D eigenvalue weighted by atomic mass is 32.2. The third-order valence-corrected chi connectivity index (χ3v) is 5.35. The Labute approximate surface area is 72.6 Å². The van der Waals surface area contributed by atoms with Gasteiger partial charge < -0.3 is 5.73 Å². The molecule has 1 saturated heterocycles. The summed E-state index contributed by atoms with van der Waals surface area (Å²) >= 11 is 0. The first-order valence-corrected chi connectivity index (χ1v) is 5.50. The maximum Gasteiger partial charge on any atom is 0.156 e. The first-order chi connectivity index (χ1) is 5.29. The summed E-state index contributed by atoms with van der Waals surface area (Å²) in [6.07, 6.45) is 0.491. The van der Waals surface area contributed by atoms with Gasteiger partial charge in [-0.05, 0) is 20.3 Å². The molecule has 0 saturated carbocycles. The minimum Gasteiger partial charge on any atom is -0.387 e. The smallest absolute Gasteiger partial charge is 0.156 e. The average Bonchev–Trinajstić information content (AvgIpc) is 2.03. The van der Waals surface area contributed by atoms with E-state index in [0.717, 1.165) is 0 Å². The highest BCUT2D eigenvalue weighted by Gasteiger charge is 2.48. The molecule has 3 N–H and O–H groups in total. The van der Waals surface area contributed by atoms with E-state index < -0.39 is 14.6 Å². The first-order valence-electron chi connectivity index (χ1n) is 3.85. The van der Waals surface area contributed by atoms with Crippen LogP contribution in [-0.4, -0.2) is 24.8 Å². The molecule has 12 heavy (non-hydrogen) atoms. The number of nitrogens with two attached hydrogens (primary N) is 1. The Morgan fingerprint density at radius 3 is 2.25 bits per heavy atom. The predicted octanol–water partition coefficient (Wildman–Crippen LogP) is 0.136. The van der Waals surface area contributed by atoms with Crippen molar-refractivity contribution in [3.8, 4) is 0 Å². The third kappa shape index (κ3) is 1.12. The van der Waals surface area contributed by atoms with Gasteiger partial charge in [-0.3, -0.25) is 5.41 Å². The number of hydrogen-bond acceptors (Lipinski definition) is 3. The molecule has 70 valence electrons. The molecule has 4 nitrogen and oxygen atoms in total. The fourth-order valence-electron chi connectivity index (χ4n) is 1.63. The lowest BCUT2D eigenvalue weighted by Gasteiger charge is -2.24. The molecule has 0 aromatic heterocycles. The summed E-state index contributed by atoms with van der Waals surface area (Å²) in [5.74, 6) is -0.159. The number of hydrogen-bond donors (Lipinski definition) is 2. The number of sulfone groups is 1. The maximum atomic E-state index is 11.4. The summed E-state index contributed by atoms with van der Waals surface area (Å²) in [6, 6.07) is 0.